The summed E-state index contributed by atoms with van der Waals surface area (Å²) in [5.41, 5.74) is 2.85. The van der Waals surface area contributed by atoms with E-state index in [9.17, 15) is 0 Å². The highest BCUT2D eigenvalue weighted by atomic mass is 16.5. The molecule has 76 valence electrons. The van der Waals surface area contributed by atoms with E-state index in [1.807, 2.05) is 0 Å². The molecule has 0 aromatic rings. The molecule has 0 saturated heterocycles. The van der Waals surface area contributed by atoms with Crippen LogP contribution in [0.1, 0.15) is 33.1 Å². The summed E-state index contributed by atoms with van der Waals surface area (Å²) in [4.78, 5) is 0. The van der Waals surface area contributed by atoms with Gasteiger partial charge in [0.05, 0.1) is 12.6 Å². The highest BCUT2D eigenvalue weighted by molar-refractivity contribution is 5.08. The first kappa shape index (κ1) is 10.5. The smallest absolute Gasteiger partial charge is 0.111 e. The van der Waals surface area contributed by atoms with Crippen molar-refractivity contribution in [2.24, 2.45) is 11.8 Å². The highest BCUT2D eigenvalue weighted by Crippen LogP contribution is 2.23. The predicted octanol–water partition coefficient (Wildman–Crippen LogP) is 1.56. The lowest BCUT2D eigenvalue weighted by atomic mass is 9.93. The fourth-order valence-corrected chi connectivity index (χ4v) is 1.86. The van der Waals surface area contributed by atoms with Gasteiger partial charge in [-0.2, -0.15) is 0 Å². The third-order valence-electron chi connectivity index (χ3n) is 2.74. The molecular formula is C10H20N2O. The molecule has 3 N–H and O–H groups in total. The molecule has 0 fully saturated rings. The van der Waals surface area contributed by atoms with Gasteiger partial charge in [-0.3, -0.25) is 5.84 Å². The van der Waals surface area contributed by atoms with Crippen molar-refractivity contribution in [3.8, 4) is 0 Å². The van der Waals surface area contributed by atoms with E-state index in [-0.39, 0.29) is 6.04 Å². The second-order valence-electron chi connectivity index (χ2n) is 3.46. The molecular weight excluding hydrogens is 164 g/mol. The molecule has 0 aromatic carbocycles. The first-order chi connectivity index (χ1) is 6.33. The molecule has 13 heavy (non-hydrogen) atoms. The van der Waals surface area contributed by atoms with Crippen molar-refractivity contribution in [1.82, 2.24) is 5.43 Å². The predicted molar refractivity (Wildman–Crippen MR) is 53.8 cm³/mol. The fraction of sp³-hybridized carbons (Fsp3) is 0.800. The molecule has 3 nitrogen and oxygen atoms in total. The Hall–Kier alpha value is -0.540. The summed E-state index contributed by atoms with van der Waals surface area (Å²) < 4.78 is 5.51. The van der Waals surface area contributed by atoms with Crippen LogP contribution >= 0.6 is 0 Å². The molecule has 0 bridgehead atoms. The molecule has 1 aliphatic rings. The van der Waals surface area contributed by atoms with Crippen LogP contribution in [0.4, 0.5) is 0 Å². The molecule has 0 spiro atoms. The summed E-state index contributed by atoms with van der Waals surface area (Å²) in [5.74, 6) is 7.15. The average molecular weight is 184 g/mol. The van der Waals surface area contributed by atoms with Gasteiger partial charge in [0.15, 0.2) is 0 Å². The first-order valence-corrected chi connectivity index (χ1v) is 5.12. The van der Waals surface area contributed by atoms with Crippen LogP contribution in [0.3, 0.4) is 0 Å². The van der Waals surface area contributed by atoms with E-state index in [0.717, 1.165) is 31.6 Å². The molecule has 0 aromatic heterocycles. The van der Waals surface area contributed by atoms with Crippen molar-refractivity contribution in [2.75, 3.05) is 6.61 Å². The van der Waals surface area contributed by atoms with Crippen LogP contribution in [-0.4, -0.2) is 12.6 Å². The van der Waals surface area contributed by atoms with Gasteiger partial charge in [0.25, 0.3) is 0 Å². The zero-order valence-corrected chi connectivity index (χ0v) is 8.55. The summed E-state index contributed by atoms with van der Waals surface area (Å²) in [7, 11) is 0. The maximum Gasteiger partial charge on any atom is 0.111 e. The number of hydrazine groups is 1. The molecule has 1 aliphatic heterocycles. The van der Waals surface area contributed by atoms with Crippen LogP contribution in [0.2, 0.25) is 0 Å². The van der Waals surface area contributed by atoms with Gasteiger partial charge in [0, 0.05) is 6.42 Å². The summed E-state index contributed by atoms with van der Waals surface area (Å²) in [5, 5.41) is 0. The van der Waals surface area contributed by atoms with E-state index >= 15 is 0 Å². The topological polar surface area (TPSA) is 47.3 Å². The van der Waals surface area contributed by atoms with E-state index in [0.29, 0.717) is 5.92 Å². The van der Waals surface area contributed by atoms with Crippen molar-refractivity contribution < 1.29 is 4.74 Å². The third kappa shape index (κ3) is 2.45. The lowest BCUT2D eigenvalue weighted by Gasteiger charge is -2.25. The van der Waals surface area contributed by atoms with Crippen LogP contribution in [0.5, 0.6) is 0 Å². The Bertz CT molecular complexity index is 176. The van der Waals surface area contributed by atoms with Crippen LogP contribution in [-0.2, 0) is 4.74 Å². The van der Waals surface area contributed by atoms with Crippen LogP contribution in [0.15, 0.2) is 11.8 Å². The molecule has 0 amide bonds. The lowest BCUT2D eigenvalue weighted by Crippen LogP contribution is -2.42. The van der Waals surface area contributed by atoms with Gasteiger partial charge in [0.1, 0.15) is 5.76 Å². The lowest BCUT2D eigenvalue weighted by molar-refractivity contribution is 0.189. The first-order valence-electron chi connectivity index (χ1n) is 5.12. The Morgan fingerprint density at radius 3 is 2.62 bits per heavy atom. The Morgan fingerprint density at radius 1 is 1.54 bits per heavy atom. The number of hydrogen-bond acceptors (Lipinski definition) is 3. The Morgan fingerprint density at radius 2 is 2.23 bits per heavy atom. The molecule has 3 heteroatoms. The minimum absolute atomic E-state index is 0.206. The SMILES string of the molecule is CCC(CC)C(NN)C1=CCCO1. The van der Waals surface area contributed by atoms with Gasteiger partial charge in [-0.05, 0) is 12.0 Å². The fourth-order valence-electron chi connectivity index (χ4n) is 1.86. The van der Waals surface area contributed by atoms with Gasteiger partial charge in [-0.1, -0.05) is 26.7 Å². The van der Waals surface area contributed by atoms with Crippen molar-refractivity contribution >= 4 is 0 Å². The standard InChI is InChI=1S/C10H20N2O/c1-3-8(4-2)10(12-11)9-6-5-7-13-9/h6,8,10,12H,3-5,7,11H2,1-2H3. The number of ether oxygens (including phenoxy) is 1. The molecule has 0 saturated carbocycles. The molecule has 1 rings (SSSR count). The third-order valence-corrected chi connectivity index (χ3v) is 2.74. The highest BCUT2D eigenvalue weighted by Gasteiger charge is 2.24. The second kappa shape index (κ2) is 5.25. The number of hydrogen-bond donors (Lipinski definition) is 2. The minimum Gasteiger partial charge on any atom is -0.496 e. The van der Waals surface area contributed by atoms with E-state index in [2.05, 4.69) is 25.3 Å². The maximum atomic E-state index is 5.53. The molecule has 1 heterocycles. The minimum atomic E-state index is 0.206. The van der Waals surface area contributed by atoms with E-state index in [1.54, 1.807) is 0 Å². The quantitative estimate of drug-likeness (QED) is 0.503. The number of nitrogens with one attached hydrogen (secondary N) is 1. The average Bonchev–Trinajstić information content (AvgIpc) is 2.66. The monoisotopic (exact) mass is 184 g/mol. The molecule has 1 atom stereocenters. The van der Waals surface area contributed by atoms with Crippen LogP contribution in [0, 0.1) is 5.92 Å². The Kier molecular flexibility index (Phi) is 4.25. The number of nitrogens with two attached hydrogens (primary N) is 1. The summed E-state index contributed by atoms with van der Waals surface area (Å²) in [6.45, 7) is 5.19. The largest absolute Gasteiger partial charge is 0.496 e. The van der Waals surface area contributed by atoms with E-state index < -0.39 is 0 Å². The van der Waals surface area contributed by atoms with E-state index in [1.165, 1.54) is 0 Å². The van der Waals surface area contributed by atoms with Gasteiger partial charge in [-0.25, -0.2) is 5.43 Å². The van der Waals surface area contributed by atoms with Gasteiger partial charge >= 0.3 is 0 Å². The zero-order chi connectivity index (χ0) is 9.68. The summed E-state index contributed by atoms with van der Waals surface area (Å²) in [6.07, 6.45) is 5.43. The van der Waals surface area contributed by atoms with Gasteiger partial charge in [-0.15, -0.1) is 0 Å². The number of rotatable bonds is 5. The van der Waals surface area contributed by atoms with Crippen molar-refractivity contribution in [3.63, 3.8) is 0 Å². The normalized spacial score (nSPS) is 18.6. The molecule has 0 aliphatic carbocycles. The molecule has 0 radical (unpaired) electrons. The summed E-state index contributed by atoms with van der Waals surface area (Å²) >= 11 is 0. The van der Waals surface area contributed by atoms with Gasteiger partial charge in [0.2, 0.25) is 0 Å². The van der Waals surface area contributed by atoms with Crippen molar-refractivity contribution in [1.29, 1.82) is 0 Å². The van der Waals surface area contributed by atoms with Gasteiger partial charge < -0.3 is 4.74 Å². The Balaban J connectivity index is 2.59. The Labute approximate surface area is 80.3 Å². The zero-order valence-electron chi connectivity index (χ0n) is 8.55. The summed E-state index contributed by atoms with van der Waals surface area (Å²) in [6, 6.07) is 0.206. The van der Waals surface area contributed by atoms with Crippen molar-refractivity contribution in [2.45, 2.75) is 39.2 Å². The maximum absolute atomic E-state index is 5.53. The molecule has 1 unspecified atom stereocenters. The van der Waals surface area contributed by atoms with Crippen molar-refractivity contribution in [3.05, 3.63) is 11.8 Å². The van der Waals surface area contributed by atoms with Crippen LogP contribution < -0.4 is 11.3 Å². The van der Waals surface area contributed by atoms with E-state index in [4.69, 9.17) is 10.6 Å². The van der Waals surface area contributed by atoms with Crippen LogP contribution in [0.25, 0.3) is 0 Å². The second-order valence-corrected chi connectivity index (χ2v) is 3.46.